The summed E-state index contributed by atoms with van der Waals surface area (Å²) < 4.78 is 39.6. The van der Waals surface area contributed by atoms with Crippen molar-refractivity contribution in [2.75, 3.05) is 20.8 Å². The van der Waals surface area contributed by atoms with E-state index in [9.17, 15) is 8.42 Å². The van der Waals surface area contributed by atoms with Gasteiger partial charge in [-0.05, 0) is 19.1 Å². The smallest absolute Gasteiger partial charge is 0.243 e. The van der Waals surface area contributed by atoms with Crippen molar-refractivity contribution in [3.63, 3.8) is 0 Å². The second-order valence-electron chi connectivity index (χ2n) is 5.53. The summed E-state index contributed by atoms with van der Waals surface area (Å²) in [5.74, 6) is 1.84. The summed E-state index contributed by atoms with van der Waals surface area (Å²) in [5, 5.41) is 8.25. The zero-order valence-corrected chi connectivity index (χ0v) is 14.7. The Bertz CT molecular complexity index is 834. The quantitative estimate of drug-likeness (QED) is 0.804. The number of benzene rings is 1. The number of nitrogens with zero attached hydrogens (tertiary/aromatic N) is 4. The molecule has 0 radical (unpaired) electrons. The van der Waals surface area contributed by atoms with Gasteiger partial charge in [0.2, 0.25) is 10.0 Å². The number of fused-ring (bicyclic) bond motifs is 1. The summed E-state index contributed by atoms with van der Waals surface area (Å²) in [6, 6.07) is 6.07. The highest BCUT2D eigenvalue weighted by atomic mass is 32.2. The van der Waals surface area contributed by atoms with Crippen LogP contribution in [0.2, 0.25) is 0 Å². The van der Waals surface area contributed by atoms with Crippen LogP contribution >= 0.6 is 0 Å². The van der Waals surface area contributed by atoms with Gasteiger partial charge < -0.3 is 14.0 Å². The molecule has 0 fully saturated rings. The second-order valence-corrected chi connectivity index (χ2v) is 7.42. The first-order chi connectivity index (χ1) is 11.5. The number of hydrogen-bond donors (Lipinski definition) is 0. The number of ether oxygens (including phenoxy) is 2. The summed E-state index contributed by atoms with van der Waals surface area (Å²) in [7, 11) is -0.549. The lowest BCUT2D eigenvalue weighted by Crippen LogP contribution is -2.41. The molecule has 2 aromatic rings. The molecule has 0 saturated heterocycles. The van der Waals surface area contributed by atoms with Crippen molar-refractivity contribution in [3.05, 3.63) is 35.9 Å². The minimum absolute atomic E-state index is 0.207. The Balaban J connectivity index is 1.94. The predicted octanol–water partition coefficient (Wildman–Crippen LogP) is 1.20. The van der Waals surface area contributed by atoms with Gasteiger partial charge in [-0.2, -0.15) is 4.31 Å². The standard InChI is InChI=1S/C15H20N4O4S/c1-11-15-17-16-14(10-22-2)18(15)7-8-19(11)24(20,21)13-6-4-5-12(9-13)23-3/h4-6,9,11H,7-8,10H2,1-3H3. The Morgan fingerprint density at radius 1 is 1.25 bits per heavy atom. The monoisotopic (exact) mass is 352 g/mol. The molecule has 130 valence electrons. The highest BCUT2D eigenvalue weighted by Gasteiger charge is 2.36. The summed E-state index contributed by atoms with van der Waals surface area (Å²) in [4.78, 5) is 0.207. The van der Waals surface area contributed by atoms with E-state index in [1.807, 2.05) is 11.5 Å². The van der Waals surface area contributed by atoms with E-state index in [1.165, 1.54) is 17.5 Å². The molecular weight excluding hydrogens is 332 g/mol. The lowest BCUT2D eigenvalue weighted by molar-refractivity contribution is 0.170. The molecule has 0 bridgehead atoms. The summed E-state index contributed by atoms with van der Waals surface area (Å²) in [6.07, 6.45) is 0. The molecule has 1 aromatic heterocycles. The van der Waals surface area contributed by atoms with Crippen molar-refractivity contribution in [1.82, 2.24) is 19.1 Å². The lowest BCUT2D eigenvalue weighted by atomic mass is 10.2. The average Bonchev–Trinajstić information content (AvgIpc) is 2.99. The summed E-state index contributed by atoms with van der Waals surface area (Å²) in [5.41, 5.74) is 0. The maximum absolute atomic E-state index is 13.0. The SMILES string of the molecule is COCc1nnc2n1CCN(S(=O)(=O)c1cccc(OC)c1)C2C. The van der Waals surface area contributed by atoms with Crippen molar-refractivity contribution in [3.8, 4) is 5.75 Å². The lowest BCUT2D eigenvalue weighted by Gasteiger charge is -2.32. The van der Waals surface area contributed by atoms with Crippen molar-refractivity contribution in [2.45, 2.75) is 31.0 Å². The van der Waals surface area contributed by atoms with Crippen molar-refractivity contribution >= 4 is 10.0 Å². The van der Waals surface area contributed by atoms with Gasteiger partial charge in [0.1, 0.15) is 12.4 Å². The van der Waals surface area contributed by atoms with Crippen LogP contribution < -0.4 is 4.74 Å². The number of sulfonamides is 1. The van der Waals surface area contributed by atoms with E-state index in [-0.39, 0.29) is 4.90 Å². The molecule has 1 unspecified atom stereocenters. The highest BCUT2D eigenvalue weighted by Crippen LogP contribution is 2.31. The van der Waals surface area contributed by atoms with E-state index in [1.54, 1.807) is 25.3 Å². The predicted molar refractivity (Wildman–Crippen MR) is 86.0 cm³/mol. The van der Waals surface area contributed by atoms with Gasteiger partial charge in [-0.15, -0.1) is 10.2 Å². The van der Waals surface area contributed by atoms with E-state index in [4.69, 9.17) is 9.47 Å². The number of methoxy groups -OCH3 is 2. The first-order valence-corrected chi connectivity index (χ1v) is 9.00. The fraction of sp³-hybridized carbons (Fsp3) is 0.467. The van der Waals surface area contributed by atoms with Gasteiger partial charge in [-0.3, -0.25) is 0 Å². The summed E-state index contributed by atoms with van der Waals surface area (Å²) in [6.45, 7) is 3.01. The van der Waals surface area contributed by atoms with Crippen LogP contribution in [0.25, 0.3) is 0 Å². The van der Waals surface area contributed by atoms with E-state index >= 15 is 0 Å². The van der Waals surface area contributed by atoms with Gasteiger partial charge in [0.15, 0.2) is 11.6 Å². The summed E-state index contributed by atoms with van der Waals surface area (Å²) >= 11 is 0. The Hall–Kier alpha value is -1.97. The van der Waals surface area contributed by atoms with Crippen molar-refractivity contribution in [2.24, 2.45) is 0 Å². The molecule has 3 rings (SSSR count). The third-order valence-corrected chi connectivity index (χ3v) is 6.09. The molecule has 0 saturated carbocycles. The topological polar surface area (TPSA) is 86.6 Å². The van der Waals surface area contributed by atoms with E-state index in [0.717, 1.165) is 0 Å². The van der Waals surface area contributed by atoms with Gasteiger partial charge in [-0.1, -0.05) is 6.07 Å². The first-order valence-electron chi connectivity index (χ1n) is 7.56. The molecule has 1 atom stereocenters. The van der Waals surface area contributed by atoms with Crippen LogP contribution in [-0.4, -0.2) is 48.3 Å². The zero-order valence-electron chi connectivity index (χ0n) is 13.8. The van der Waals surface area contributed by atoms with Crippen LogP contribution in [0, 0.1) is 0 Å². The maximum atomic E-state index is 13.0. The molecule has 1 aromatic carbocycles. The number of rotatable bonds is 5. The second kappa shape index (κ2) is 6.50. The number of aromatic nitrogens is 3. The Kier molecular flexibility index (Phi) is 4.57. The fourth-order valence-electron chi connectivity index (χ4n) is 2.88. The van der Waals surface area contributed by atoms with Gasteiger partial charge in [0.25, 0.3) is 0 Å². The normalized spacial score (nSPS) is 18.4. The van der Waals surface area contributed by atoms with E-state index in [0.29, 0.717) is 37.1 Å². The van der Waals surface area contributed by atoms with Gasteiger partial charge in [-0.25, -0.2) is 8.42 Å². The third-order valence-electron chi connectivity index (χ3n) is 4.13. The molecule has 0 aliphatic carbocycles. The first kappa shape index (κ1) is 16.9. The minimum Gasteiger partial charge on any atom is -0.497 e. The van der Waals surface area contributed by atoms with Crippen LogP contribution in [0.3, 0.4) is 0 Å². The molecule has 0 N–H and O–H groups in total. The largest absolute Gasteiger partial charge is 0.497 e. The third kappa shape index (κ3) is 2.79. The van der Waals surface area contributed by atoms with Gasteiger partial charge in [0.05, 0.1) is 18.0 Å². The zero-order chi connectivity index (χ0) is 17.3. The van der Waals surface area contributed by atoms with Crippen LogP contribution in [-0.2, 0) is 27.9 Å². The van der Waals surface area contributed by atoms with Crippen LogP contribution in [0.1, 0.15) is 24.6 Å². The minimum atomic E-state index is -3.65. The highest BCUT2D eigenvalue weighted by molar-refractivity contribution is 7.89. The van der Waals surface area contributed by atoms with Crippen LogP contribution in [0.5, 0.6) is 5.75 Å². The molecule has 24 heavy (non-hydrogen) atoms. The van der Waals surface area contributed by atoms with Gasteiger partial charge in [0, 0.05) is 26.3 Å². The fourth-order valence-corrected chi connectivity index (χ4v) is 4.50. The van der Waals surface area contributed by atoms with Crippen molar-refractivity contribution in [1.29, 1.82) is 0 Å². The van der Waals surface area contributed by atoms with E-state index in [2.05, 4.69) is 10.2 Å². The molecule has 9 heteroatoms. The molecule has 0 amide bonds. The molecule has 2 heterocycles. The van der Waals surface area contributed by atoms with Gasteiger partial charge >= 0.3 is 0 Å². The van der Waals surface area contributed by atoms with Crippen LogP contribution in [0.15, 0.2) is 29.2 Å². The molecule has 1 aliphatic rings. The van der Waals surface area contributed by atoms with Crippen LogP contribution in [0.4, 0.5) is 0 Å². The maximum Gasteiger partial charge on any atom is 0.243 e. The Morgan fingerprint density at radius 2 is 2.04 bits per heavy atom. The molecule has 0 spiro atoms. The Morgan fingerprint density at radius 3 is 2.75 bits per heavy atom. The number of hydrogen-bond acceptors (Lipinski definition) is 6. The molecular formula is C15H20N4O4S. The average molecular weight is 352 g/mol. The van der Waals surface area contributed by atoms with E-state index < -0.39 is 16.1 Å². The molecule has 8 nitrogen and oxygen atoms in total. The van der Waals surface area contributed by atoms with Crippen molar-refractivity contribution < 1.29 is 17.9 Å². The molecule has 1 aliphatic heterocycles. The Labute approximate surface area is 141 Å².